The van der Waals surface area contributed by atoms with E-state index in [1.54, 1.807) is 11.1 Å². The molecule has 5 rings (SSSR count). The van der Waals surface area contributed by atoms with Gasteiger partial charge in [0.05, 0.1) is 11.1 Å². The van der Waals surface area contributed by atoms with Crippen molar-refractivity contribution >= 4 is 29.6 Å². The van der Waals surface area contributed by atoms with Crippen LogP contribution in [0.3, 0.4) is 0 Å². The maximum atomic E-state index is 13.2. The van der Waals surface area contributed by atoms with Crippen molar-refractivity contribution in [2.75, 3.05) is 31.1 Å². The molecule has 2 saturated heterocycles. The molecule has 1 N–H and O–H groups in total. The quantitative estimate of drug-likeness (QED) is 0.584. The SMILES string of the molecule is O=C(O)Cn1nnc(C2C=NC(N3CC4CN(c5cc(C(F)(F)F)cc(C(F)(F)F)c5)CC4C3)S2)n1. The summed E-state index contributed by atoms with van der Waals surface area (Å²) in [6, 6.07) is 1.70. The molecular formula is C20H19F6N7O2S. The van der Waals surface area contributed by atoms with Gasteiger partial charge in [0.1, 0.15) is 10.7 Å². The normalized spacial score (nSPS) is 26.7. The maximum Gasteiger partial charge on any atom is 0.416 e. The van der Waals surface area contributed by atoms with Crippen LogP contribution < -0.4 is 4.90 Å². The van der Waals surface area contributed by atoms with E-state index >= 15 is 0 Å². The monoisotopic (exact) mass is 535 g/mol. The first kappa shape index (κ1) is 24.8. The first-order valence-corrected chi connectivity index (χ1v) is 11.8. The number of tetrazole rings is 1. The maximum absolute atomic E-state index is 13.2. The lowest BCUT2D eigenvalue weighted by atomic mass is 10.0. The minimum Gasteiger partial charge on any atom is -0.480 e. The third-order valence-corrected chi connectivity index (χ3v) is 7.67. The van der Waals surface area contributed by atoms with Gasteiger partial charge in [-0.25, -0.2) is 0 Å². The minimum atomic E-state index is -4.88. The lowest BCUT2D eigenvalue weighted by Gasteiger charge is -2.26. The fraction of sp³-hybridized carbons (Fsp3) is 0.550. The van der Waals surface area contributed by atoms with Crippen molar-refractivity contribution in [3.63, 3.8) is 0 Å². The standard InChI is InChI=1S/C20H19F6N7O2S/c21-19(22,23)12-1-13(20(24,25)26)3-14(2-12)31-5-10-7-32(8-11(10)6-31)18-27-4-15(36-18)17-28-30-33(29-17)9-16(34)35/h1-4,10-11,15,18H,5-9H2,(H,34,35). The van der Waals surface area contributed by atoms with Gasteiger partial charge in [-0.15, -0.1) is 22.0 Å². The number of thioether (sulfide) groups is 1. The van der Waals surface area contributed by atoms with Crippen LogP contribution in [0.4, 0.5) is 32.0 Å². The Hall–Kier alpha value is -2.88. The number of rotatable bonds is 5. The van der Waals surface area contributed by atoms with E-state index in [4.69, 9.17) is 5.11 Å². The van der Waals surface area contributed by atoms with Gasteiger partial charge in [0, 0.05) is 38.1 Å². The highest BCUT2D eigenvalue weighted by molar-refractivity contribution is 8.01. The minimum absolute atomic E-state index is 0.0679. The Balaban J connectivity index is 1.23. The molecule has 2 fully saturated rings. The first-order valence-electron chi connectivity index (χ1n) is 10.8. The van der Waals surface area contributed by atoms with E-state index < -0.39 is 36.0 Å². The molecule has 0 amide bonds. The number of halogens is 6. The van der Waals surface area contributed by atoms with Crippen LogP contribution in [0.25, 0.3) is 0 Å². The van der Waals surface area contributed by atoms with Gasteiger partial charge in [-0.3, -0.25) is 14.7 Å². The number of benzene rings is 1. The Morgan fingerprint density at radius 3 is 2.17 bits per heavy atom. The summed E-state index contributed by atoms with van der Waals surface area (Å²) in [6.45, 7) is 1.46. The van der Waals surface area contributed by atoms with E-state index in [2.05, 4.69) is 25.3 Å². The Labute approximate surface area is 204 Å². The topological polar surface area (TPSA) is 99.7 Å². The fourth-order valence-electron chi connectivity index (χ4n) is 4.76. The van der Waals surface area contributed by atoms with Crippen molar-refractivity contribution in [2.45, 2.75) is 29.6 Å². The highest BCUT2D eigenvalue weighted by atomic mass is 32.2. The number of aromatic nitrogens is 4. The second kappa shape index (κ2) is 8.90. The summed E-state index contributed by atoms with van der Waals surface area (Å²) < 4.78 is 79.4. The molecule has 1 aromatic heterocycles. The van der Waals surface area contributed by atoms with Gasteiger partial charge >= 0.3 is 18.3 Å². The smallest absolute Gasteiger partial charge is 0.416 e. The van der Waals surface area contributed by atoms with Crippen LogP contribution in [0.5, 0.6) is 0 Å². The fourth-order valence-corrected chi connectivity index (χ4v) is 5.86. The van der Waals surface area contributed by atoms with Crippen LogP contribution >= 0.6 is 11.8 Å². The Morgan fingerprint density at radius 1 is 1.00 bits per heavy atom. The number of carboxylic acids is 1. The number of carboxylic acid groups (broad SMARTS) is 1. The number of hydrogen-bond acceptors (Lipinski definition) is 8. The highest BCUT2D eigenvalue weighted by Crippen LogP contribution is 2.43. The molecule has 4 heterocycles. The summed E-state index contributed by atoms with van der Waals surface area (Å²) in [6.07, 6.45) is -8.10. The molecular weight excluding hydrogens is 516 g/mol. The zero-order chi connectivity index (χ0) is 25.8. The molecule has 36 heavy (non-hydrogen) atoms. The van der Waals surface area contributed by atoms with Crippen LogP contribution in [-0.2, 0) is 23.7 Å². The predicted octanol–water partition coefficient (Wildman–Crippen LogP) is 3.01. The van der Waals surface area contributed by atoms with Crippen LogP contribution in [0, 0.1) is 11.8 Å². The Bertz CT molecular complexity index is 1140. The average Bonchev–Trinajstić information content (AvgIpc) is 3.54. The number of alkyl halides is 6. The van der Waals surface area contributed by atoms with Crippen LogP contribution in [0.2, 0.25) is 0 Å². The van der Waals surface area contributed by atoms with Gasteiger partial charge < -0.3 is 10.0 Å². The largest absolute Gasteiger partial charge is 0.480 e. The molecule has 3 aliphatic heterocycles. The van der Waals surface area contributed by atoms with Crippen molar-refractivity contribution in [1.82, 2.24) is 25.1 Å². The van der Waals surface area contributed by atoms with Gasteiger partial charge in [-0.1, -0.05) is 0 Å². The van der Waals surface area contributed by atoms with Crippen molar-refractivity contribution in [2.24, 2.45) is 16.8 Å². The van der Waals surface area contributed by atoms with E-state index in [1.165, 1.54) is 11.8 Å². The van der Waals surface area contributed by atoms with Crippen molar-refractivity contribution in [3.8, 4) is 0 Å². The molecule has 3 aliphatic rings. The number of hydrogen-bond donors (Lipinski definition) is 1. The summed E-state index contributed by atoms with van der Waals surface area (Å²) in [4.78, 5) is 20.0. The van der Waals surface area contributed by atoms with Gasteiger partial charge in [0.15, 0.2) is 12.4 Å². The van der Waals surface area contributed by atoms with Crippen LogP contribution in [0.15, 0.2) is 23.2 Å². The van der Waals surface area contributed by atoms with E-state index in [0.29, 0.717) is 32.0 Å². The molecule has 194 valence electrons. The lowest BCUT2D eigenvalue weighted by molar-refractivity contribution is -0.143. The molecule has 4 atom stereocenters. The van der Waals surface area contributed by atoms with Crippen molar-refractivity contribution in [3.05, 3.63) is 35.2 Å². The van der Waals surface area contributed by atoms with E-state index in [-0.39, 0.29) is 34.3 Å². The van der Waals surface area contributed by atoms with E-state index in [0.717, 1.165) is 16.9 Å². The number of aliphatic carboxylic acids is 1. The molecule has 2 aromatic rings. The summed E-state index contributed by atoms with van der Waals surface area (Å²) in [5.74, 6) is -0.623. The van der Waals surface area contributed by atoms with E-state index in [9.17, 15) is 31.1 Å². The summed E-state index contributed by atoms with van der Waals surface area (Å²) in [7, 11) is 0. The molecule has 1 aromatic carbocycles. The first-order chi connectivity index (χ1) is 16.9. The van der Waals surface area contributed by atoms with Gasteiger partial charge in [0.25, 0.3) is 0 Å². The number of likely N-dealkylation sites (tertiary alicyclic amines) is 1. The summed E-state index contributed by atoms with van der Waals surface area (Å²) >= 11 is 1.45. The molecule has 0 bridgehead atoms. The summed E-state index contributed by atoms with van der Waals surface area (Å²) in [5, 5.41) is 20.2. The molecule has 16 heteroatoms. The molecule has 0 spiro atoms. The molecule has 9 nitrogen and oxygen atoms in total. The number of anilines is 1. The highest BCUT2D eigenvalue weighted by Gasteiger charge is 2.45. The molecule has 4 unspecified atom stereocenters. The number of nitrogens with zero attached hydrogens (tertiary/aromatic N) is 7. The van der Waals surface area contributed by atoms with Gasteiger partial charge in [-0.2, -0.15) is 31.1 Å². The van der Waals surface area contributed by atoms with Gasteiger partial charge in [0.2, 0.25) is 0 Å². The molecule has 0 saturated carbocycles. The second-order valence-corrected chi connectivity index (χ2v) is 10.1. The van der Waals surface area contributed by atoms with Crippen LogP contribution in [0.1, 0.15) is 22.2 Å². The van der Waals surface area contributed by atoms with Crippen LogP contribution in [-0.4, -0.2) is 74.1 Å². The Kier molecular flexibility index (Phi) is 6.13. The third kappa shape index (κ3) is 5.00. The van der Waals surface area contributed by atoms with E-state index in [1.807, 2.05) is 0 Å². The second-order valence-electron chi connectivity index (χ2n) is 8.90. The zero-order valence-electron chi connectivity index (χ0n) is 18.3. The Morgan fingerprint density at radius 2 is 1.61 bits per heavy atom. The summed E-state index contributed by atoms with van der Waals surface area (Å²) in [5.41, 5.74) is -2.96. The number of fused-ring (bicyclic) bond motifs is 1. The van der Waals surface area contributed by atoms with Crippen molar-refractivity contribution in [1.29, 1.82) is 0 Å². The number of aliphatic imine (C=N–C) groups is 1. The molecule has 0 radical (unpaired) electrons. The zero-order valence-corrected chi connectivity index (χ0v) is 19.1. The predicted molar refractivity (Wildman–Crippen MR) is 115 cm³/mol. The van der Waals surface area contributed by atoms with Crippen molar-refractivity contribution < 1.29 is 36.2 Å². The average molecular weight is 535 g/mol. The molecule has 0 aliphatic carbocycles. The number of carbonyl (C=O) groups is 1. The lowest BCUT2D eigenvalue weighted by Crippen LogP contribution is -2.33. The van der Waals surface area contributed by atoms with Gasteiger partial charge in [-0.05, 0) is 35.2 Å². The third-order valence-electron chi connectivity index (χ3n) is 6.38.